The minimum absolute atomic E-state index is 0.0901. The van der Waals surface area contributed by atoms with Crippen LogP contribution in [0, 0.1) is 0 Å². The zero-order valence-corrected chi connectivity index (χ0v) is 19.5. The zero-order valence-electron chi connectivity index (χ0n) is 19.5. The number of pyridine rings is 2. The van der Waals surface area contributed by atoms with E-state index in [1.807, 2.05) is 67.1 Å². The number of hydrogen-bond donors (Lipinski definition) is 1. The first-order chi connectivity index (χ1) is 17.7. The van der Waals surface area contributed by atoms with Crippen LogP contribution in [-0.4, -0.2) is 51.7 Å². The fraction of sp³-hybridized carbons (Fsp3) is 0.148. The molecule has 1 aliphatic rings. The van der Waals surface area contributed by atoms with Crippen LogP contribution in [0.2, 0.25) is 0 Å². The van der Waals surface area contributed by atoms with Gasteiger partial charge in [-0.1, -0.05) is 30.3 Å². The lowest BCUT2D eigenvalue weighted by Crippen LogP contribution is -2.41. The van der Waals surface area contributed by atoms with E-state index in [1.165, 1.54) is 0 Å². The maximum Gasteiger partial charge on any atom is 0.258 e. The SMILES string of the molecule is Cn1cc(-c2ccc3c(C(=O)N4CCc5[nH]cnc5[C@H]4c4cc5ccccc5cn4)cnn3c2)cn1. The van der Waals surface area contributed by atoms with Gasteiger partial charge in [-0.3, -0.25) is 14.5 Å². The summed E-state index contributed by atoms with van der Waals surface area (Å²) >= 11 is 0. The molecule has 0 spiro atoms. The fourth-order valence-corrected chi connectivity index (χ4v) is 5.09. The lowest BCUT2D eigenvalue weighted by Gasteiger charge is -2.34. The van der Waals surface area contributed by atoms with E-state index in [0.717, 1.165) is 44.5 Å². The number of fused-ring (bicyclic) bond motifs is 3. The van der Waals surface area contributed by atoms with Crippen molar-refractivity contribution >= 4 is 22.2 Å². The van der Waals surface area contributed by atoms with Crippen molar-refractivity contribution < 1.29 is 4.79 Å². The minimum atomic E-state index is -0.387. The highest BCUT2D eigenvalue weighted by Gasteiger charge is 2.36. The van der Waals surface area contributed by atoms with Crippen molar-refractivity contribution in [3.8, 4) is 11.1 Å². The smallest absolute Gasteiger partial charge is 0.258 e. The standard InChI is InChI=1S/C27H22N8O/c1-33-14-20(12-31-33)19-6-7-24-21(13-32-35(24)15-19)27(36)34-9-8-22-25(30-16-29-22)26(34)23-10-17-4-2-3-5-18(17)11-28-23/h2-7,10-16,26H,8-9H2,1H3,(H,29,30)/t26-/m1/s1. The van der Waals surface area contributed by atoms with Gasteiger partial charge in [0.15, 0.2) is 0 Å². The summed E-state index contributed by atoms with van der Waals surface area (Å²) in [7, 11) is 1.89. The summed E-state index contributed by atoms with van der Waals surface area (Å²) in [5.74, 6) is -0.0901. The Kier molecular flexibility index (Phi) is 4.50. The molecular weight excluding hydrogens is 452 g/mol. The molecule has 0 unspecified atom stereocenters. The molecule has 1 aliphatic heterocycles. The van der Waals surface area contributed by atoms with Crippen LogP contribution in [0.1, 0.15) is 33.5 Å². The van der Waals surface area contributed by atoms with Crippen LogP contribution in [-0.2, 0) is 13.5 Å². The number of carbonyl (C=O) groups is 1. The van der Waals surface area contributed by atoms with Gasteiger partial charge in [0.1, 0.15) is 6.04 Å². The van der Waals surface area contributed by atoms with E-state index in [2.05, 4.69) is 32.3 Å². The molecule has 176 valence electrons. The predicted molar refractivity (Wildman–Crippen MR) is 134 cm³/mol. The highest BCUT2D eigenvalue weighted by Crippen LogP contribution is 2.35. The van der Waals surface area contributed by atoms with Gasteiger partial charge < -0.3 is 9.88 Å². The van der Waals surface area contributed by atoms with Crippen molar-refractivity contribution in [2.45, 2.75) is 12.5 Å². The van der Waals surface area contributed by atoms with Gasteiger partial charge in [0.25, 0.3) is 5.91 Å². The second-order valence-electron chi connectivity index (χ2n) is 9.08. The number of aromatic amines is 1. The van der Waals surface area contributed by atoms with Gasteiger partial charge in [-0.2, -0.15) is 10.2 Å². The molecular formula is C27H22N8O. The van der Waals surface area contributed by atoms with Crippen molar-refractivity contribution in [3.63, 3.8) is 0 Å². The third-order valence-electron chi connectivity index (χ3n) is 6.90. The molecule has 0 bridgehead atoms. The van der Waals surface area contributed by atoms with Crippen LogP contribution in [0.25, 0.3) is 27.4 Å². The molecule has 1 amide bonds. The molecule has 1 aromatic carbocycles. The number of aryl methyl sites for hydroxylation is 1. The molecule has 9 nitrogen and oxygen atoms in total. The number of imidazole rings is 1. The van der Waals surface area contributed by atoms with E-state index in [1.54, 1.807) is 21.7 Å². The Bertz CT molecular complexity index is 1760. The second kappa shape index (κ2) is 7.88. The van der Waals surface area contributed by atoms with Crippen molar-refractivity contribution in [3.05, 3.63) is 102 Å². The van der Waals surface area contributed by atoms with Crippen LogP contribution in [0.3, 0.4) is 0 Å². The molecule has 36 heavy (non-hydrogen) atoms. The largest absolute Gasteiger partial charge is 0.348 e. The number of H-pyrrole nitrogens is 1. The first-order valence-corrected chi connectivity index (χ1v) is 11.8. The third-order valence-corrected chi connectivity index (χ3v) is 6.90. The molecule has 6 heterocycles. The average molecular weight is 475 g/mol. The van der Waals surface area contributed by atoms with Crippen LogP contribution in [0.15, 0.2) is 79.8 Å². The molecule has 0 radical (unpaired) electrons. The first-order valence-electron chi connectivity index (χ1n) is 11.8. The number of hydrogen-bond acceptors (Lipinski definition) is 5. The molecule has 0 saturated heterocycles. The van der Waals surface area contributed by atoms with Crippen molar-refractivity contribution in [1.29, 1.82) is 0 Å². The van der Waals surface area contributed by atoms with E-state index in [0.29, 0.717) is 18.5 Å². The van der Waals surface area contributed by atoms with Gasteiger partial charge in [-0.05, 0) is 17.5 Å². The van der Waals surface area contributed by atoms with Gasteiger partial charge in [0.05, 0.1) is 41.2 Å². The molecule has 7 rings (SSSR count). The highest BCUT2D eigenvalue weighted by atomic mass is 16.2. The molecule has 1 N–H and O–H groups in total. The Hall–Kier alpha value is -4.79. The summed E-state index contributed by atoms with van der Waals surface area (Å²) in [6.07, 6.45) is 11.6. The summed E-state index contributed by atoms with van der Waals surface area (Å²) in [6.45, 7) is 0.554. The Morgan fingerprint density at radius 2 is 1.86 bits per heavy atom. The molecule has 0 aliphatic carbocycles. The van der Waals surface area contributed by atoms with Crippen LogP contribution >= 0.6 is 0 Å². The number of aromatic nitrogens is 7. The molecule has 9 heteroatoms. The summed E-state index contributed by atoms with van der Waals surface area (Å²) in [5.41, 5.74) is 5.96. The quantitative estimate of drug-likeness (QED) is 0.421. The van der Waals surface area contributed by atoms with Gasteiger partial charge in [-0.25, -0.2) is 9.50 Å². The fourth-order valence-electron chi connectivity index (χ4n) is 5.09. The highest BCUT2D eigenvalue weighted by molar-refractivity contribution is 6.01. The average Bonchev–Trinajstić information content (AvgIpc) is 3.66. The number of carbonyl (C=O) groups excluding carboxylic acids is 1. The number of amides is 1. The molecule has 0 saturated carbocycles. The predicted octanol–water partition coefficient (Wildman–Crippen LogP) is 3.79. The topological polar surface area (TPSA) is 97.0 Å². The van der Waals surface area contributed by atoms with Crippen molar-refractivity contribution in [2.75, 3.05) is 6.54 Å². The van der Waals surface area contributed by atoms with Crippen LogP contribution in [0.4, 0.5) is 0 Å². The summed E-state index contributed by atoms with van der Waals surface area (Å²) in [5, 5.41) is 10.9. The lowest BCUT2D eigenvalue weighted by molar-refractivity contribution is 0.0689. The van der Waals surface area contributed by atoms with Crippen molar-refractivity contribution in [1.82, 2.24) is 39.2 Å². The second-order valence-corrected chi connectivity index (χ2v) is 9.08. The summed E-state index contributed by atoms with van der Waals surface area (Å²) in [4.78, 5) is 28.5. The van der Waals surface area contributed by atoms with E-state index >= 15 is 0 Å². The van der Waals surface area contributed by atoms with Gasteiger partial charge in [0.2, 0.25) is 0 Å². The van der Waals surface area contributed by atoms with Crippen LogP contribution in [0.5, 0.6) is 0 Å². The molecule has 1 atom stereocenters. The maximum absolute atomic E-state index is 14.0. The van der Waals surface area contributed by atoms with Crippen molar-refractivity contribution in [2.24, 2.45) is 7.05 Å². The number of nitrogens with one attached hydrogen (secondary N) is 1. The Morgan fingerprint density at radius 3 is 2.72 bits per heavy atom. The zero-order chi connectivity index (χ0) is 24.2. The lowest BCUT2D eigenvalue weighted by atomic mass is 9.97. The number of benzene rings is 1. The Labute approximate surface area is 206 Å². The minimum Gasteiger partial charge on any atom is -0.348 e. The summed E-state index contributed by atoms with van der Waals surface area (Å²) < 4.78 is 3.51. The van der Waals surface area contributed by atoms with E-state index in [4.69, 9.17) is 4.98 Å². The normalized spacial score (nSPS) is 15.5. The monoisotopic (exact) mass is 474 g/mol. The Balaban J connectivity index is 1.30. The molecule has 6 aromatic rings. The molecule has 5 aromatic heterocycles. The van der Waals surface area contributed by atoms with Crippen LogP contribution < -0.4 is 0 Å². The van der Waals surface area contributed by atoms with Gasteiger partial charge >= 0.3 is 0 Å². The van der Waals surface area contributed by atoms with E-state index in [-0.39, 0.29) is 11.9 Å². The van der Waals surface area contributed by atoms with E-state index < -0.39 is 0 Å². The summed E-state index contributed by atoms with van der Waals surface area (Å²) in [6, 6.07) is 13.7. The first kappa shape index (κ1) is 20.6. The number of nitrogens with zero attached hydrogens (tertiary/aromatic N) is 7. The molecule has 0 fully saturated rings. The third kappa shape index (κ3) is 3.20. The number of rotatable bonds is 3. The maximum atomic E-state index is 14.0. The van der Waals surface area contributed by atoms with E-state index in [9.17, 15) is 4.79 Å². The Morgan fingerprint density at radius 1 is 0.972 bits per heavy atom. The van der Waals surface area contributed by atoms with Gasteiger partial charge in [0, 0.05) is 60.8 Å². The van der Waals surface area contributed by atoms with Gasteiger partial charge in [-0.15, -0.1) is 0 Å².